The molecule has 0 saturated carbocycles. The minimum absolute atomic E-state index is 0.0590. The number of aryl methyl sites for hydroxylation is 1. The maximum absolute atomic E-state index is 12.3. The first-order chi connectivity index (χ1) is 11.1. The van der Waals surface area contributed by atoms with Crippen molar-refractivity contribution in [1.29, 1.82) is 0 Å². The number of hydrogen-bond donors (Lipinski definition) is 0. The summed E-state index contributed by atoms with van der Waals surface area (Å²) in [5.41, 5.74) is 0.0590. The van der Waals surface area contributed by atoms with Gasteiger partial charge >= 0.3 is 0 Å². The Morgan fingerprint density at radius 2 is 2.13 bits per heavy atom. The molecule has 1 aromatic heterocycles. The van der Waals surface area contributed by atoms with Crippen molar-refractivity contribution in [3.63, 3.8) is 0 Å². The van der Waals surface area contributed by atoms with Gasteiger partial charge in [-0.2, -0.15) is 0 Å². The van der Waals surface area contributed by atoms with Crippen molar-refractivity contribution in [1.82, 2.24) is 9.80 Å². The summed E-state index contributed by atoms with van der Waals surface area (Å²) >= 11 is 0. The van der Waals surface area contributed by atoms with Gasteiger partial charge in [-0.15, -0.1) is 0 Å². The largest absolute Gasteiger partial charge is 0.465 e. The summed E-state index contributed by atoms with van der Waals surface area (Å²) in [6.45, 7) is 6.31. The number of ether oxygens (including phenoxy) is 1. The lowest BCUT2D eigenvalue weighted by atomic mass is 9.88. The number of carbonyl (C=O) groups excluding carboxylic acids is 1. The Kier molecular flexibility index (Phi) is 5.07. The zero-order valence-electron chi connectivity index (χ0n) is 14.3. The van der Waals surface area contributed by atoms with Crippen molar-refractivity contribution >= 4 is 5.91 Å². The maximum Gasteiger partial charge on any atom is 0.223 e. The normalized spacial score (nSPS) is 26.2. The first-order valence-corrected chi connectivity index (χ1v) is 8.70. The third-order valence-electron chi connectivity index (χ3n) is 5.38. The highest BCUT2D eigenvalue weighted by Crippen LogP contribution is 2.39. The fourth-order valence-electron chi connectivity index (χ4n) is 4.12. The van der Waals surface area contributed by atoms with Gasteiger partial charge in [0.05, 0.1) is 13.2 Å². The molecule has 5 nitrogen and oxygen atoms in total. The van der Waals surface area contributed by atoms with E-state index in [9.17, 15) is 4.79 Å². The van der Waals surface area contributed by atoms with E-state index in [0.29, 0.717) is 18.9 Å². The van der Waals surface area contributed by atoms with Crippen LogP contribution in [0.15, 0.2) is 16.5 Å². The van der Waals surface area contributed by atoms with Crippen LogP contribution in [0.3, 0.4) is 0 Å². The van der Waals surface area contributed by atoms with E-state index in [0.717, 1.165) is 63.4 Å². The van der Waals surface area contributed by atoms with Gasteiger partial charge in [0.2, 0.25) is 5.91 Å². The van der Waals surface area contributed by atoms with Crippen molar-refractivity contribution in [3.05, 3.63) is 23.7 Å². The number of carbonyl (C=O) groups is 1. The van der Waals surface area contributed by atoms with Crippen LogP contribution in [-0.4, -0.2) is 54.6 Å². The van der Waals surface area contributed by atoms with E-state index in [2.05, 4.69) is 15.9 Å². The Balaban J connectivity index is 1.63. The van der Waals surface area contributed by atoms with E-state index in [1.54, 1.807) is 7.11 Å². The highest BCUT2D eigenvalue weighted by molar-refractivity contribution is 5.79. The van der Waals surface area contributed by atoms with Gasteiger partial charge in [-0.05, 0) is 51.3 Å². The van der Waals surface area contributed by atoms with E-state index < -0.39 is 0 Å². The molecule has 1 atom stereocenters. The van der Waals surface area contributed by atoms with Gasteiger partial charge < -0.3 is 14.1 Å². The van der Waals surface area contributed by atoms with Gasteiger partial charge in [0, 0.05) is 32.2 Å². The predicted molar refractivity (Wildman–Crippen MR) is 88.1 cm³/mol. The molecule has 1 aromatic rings. The SMILES string of the molecule is COCCN1C(=O)CCC12CCCN(Cc1ccc(C)o1)CC2. The van der Waals surface area contributed by atoms with E-state index in [1.165, 1.54) is 0 Å². The molecule has 0 bridgehead atoms. The minimum atomic E-state index is 0.0590. The monoisotopic (exact) mass is 320 g/mol. The van der Waals surface area contributed by atoms with Gasteiger partial charge in [0.15, 0.2) is 0 Å². The Labute approximate surface area is 138 Å². The molecule has 0 N–H and O–H groups in total. The summed E-state index contributed by atoms with van der Waals surface area (Å²) in [4.78, 5) is 16.9. The van der Waals surface area contributed by atoms with Crippen LogP contribution in [0.1, 0.15) is 43.6 Å². The third kappa shape index (κ3) is 3.61. The van der Waals surface area contributed by atoms with Crippen LogP contribution in [0.2, 0.25) is 0 Å². The second-order valence-corrected chi connectivity index (χ2v) is 6.90. The van der Waals surface area contributed by atoms with Gasteiger partial charge in [-0.3, -0.25) is 9.69 Å². The summed E-state index contributed by atoms with van der Waals surface area (Å²) in [5, 5.41) is 0. The van der Waals surface area contributed by atoms with Gasteiger partial charge in [0.25, 0.3) is 0 Å². The number of furan rings is 1. The summed E-state index contributed by atoms with van der Waals surface area (Å²) in [5.74, 6) is 2.31. The summed E-state index contributed by atoms with van der Waals surface area (Å²) in [6.07, 6.45) is 5.00. The lowest BCUT2D eigenvalue weighted by molar-refractivity contribution is -0.132. The number of nitrogens with zero attached hydrogens (tertiary/aromatic N) is 2. The van der Waals surface area contributed by atoms with Crippen LogP contribution < -0.4 is 0 Å². The van der Waals surface area contributed by atoms with Gasteiger partial charge in [0.1, 0.15) is 11.5 Å². The smallest absolute Gasteiger partial charge is 0.223 e. The maximum atomic E-state index is 12.3. The average molecular weight is 320 g/mol. The molecule has 5 heteroatoms. The zero-order valence-corrected chi connectivity index (χ0v) is 14.3. The number of amides is 1. The van der Waals surface area contributed by atoms with Crippen LogP contribution in [0, 0.1) is 6.92 Å². The number of methoxy groups -OCH3 is 1. The zero-order chi connectivity index (χ0) is 16.3. The molecule has 128 valence electrons. The molecule has 2 aliphatic rings. The first kappa shape index (κ1) is 16.5. The van der Waals surface area contributed by atoms with Crippen LogP contribution in [0.4, 0.5) is 0 Å². The Bertz CT molecular complexity index is 542. The van der Waals surface area contributed by atoms with E-state index in [4.69, 9.17) is 9.15 Å². The summed E-state index contributed by atoms with van der Waals surface area (Å²) < 4.78 is 10.9. The number of hydrogen-bond acceptors (Lipinski definition) is 4. The fourth-order valence-corrected chi connectivity index (χ4v) is 4.12. The number of rotatable bonds is 5. The minimum Gasteiger partial charge on any atom is -0.465 e. The molecule has 1 spiro atoms. The van der Waals surface area contributed by atoms with Crippen LogP contribution in [0.25, 0.3) is 0 Å². The van der Waals surface area contributed by atoms with Crippen LogP contribution in [0.5, 0.6) is 0 Å². The van der Waals surface area contributed by atoms with Gasteiger partial charge in [-0.1, -0.05) is 0 Å². The second-order valence-electron chi connectivity index (χ2n) is 6.90. The first-order valence-electron chi connectivity index (χ1n) is 8.70. The summed E-state index contributed by atoms with van der Waals surface area (Å²) in [7, 11) is 1.70. The Hall–Kier alpha value is -1.33. The van der Waals surface area contributed by atoms with E-state index in [1.807, 2.05) is 13.0 Å². The molecular formula is C18H28N2O3. The standard InChI is InChI=1S/C18H28N2O3/c1-15-4-5-16(23-15)14-19-10-3-7-18(9-11-19)8-6-17(21)20(18)12-13-22-2/h4-5H,3,6-14H2,1-2H3. The van der Waals surface area contributed by atoms with Crippen molar-refractivity contribution in [3.8, 4) is 0 Å². The molecular weight excluding hydrogens is 292 g/mol. The summed E-state index contributed by atoms with van der Waals surface area (Å²) in [6, 6.07) is 4.09. The topological polar surface area (TPSA) is 45.9 Å². The average Bonchev–Trinajstić information content (AvgIpc) is 2.99. The van der Waals surface area contributed by atoms with E-state index in [-0.39, 0.29) is 5.54 Å². The number of likely N-dealkylation sites (tertiary alicyclic amines) is 2. The lowest BCUT2D eigenvalue weighted by Gasteiger charge is -2.38. The Morgan fingerprint density at radius 1 is 1.26 bits per heavy atom. The highest BCUT2D eigenvalue weighted by Gasteiger charge is 2.45. The molecule has 3 rings (SSSR count). The second kappa shape index (κ2) is 7.05. The highest BCUT2D eigenvalue weighted by atomic mass is 16.5. The molecule has 2 saturated heterocycles. The van der Waals surface area contributed by atoms with Crippen LogP contribution in [-0.2, 0) is 16.1 Å². The van der Waals surface area contributed by atoms with Crippen LogP contribution >= 0.6 is 0 Å². The van der Waals surface area contributed by atoms with E-state index >= 15 is 0 Å². The fraction of sp³-hybridized carbons (Fsp3) is 0.722. The third-order valence-corrected chi connectivity index (χ3v) is 5.38. The molecule has 1 unspecified atom stereocenters. The van der Waals surface area contributed by atoms with Crippen molar-refractivity contribution in [2.24, 2.45) is 0 Å². The molecule has 1 amide bonds. The molecule has 0 aliphatic carbocycles. The molecule has 3 heterocycles. The van der Waals surface area contributed by atoms with Crippen molar-refractivity contribution in [2.45, 2.75) is 51.1 Å². The predicted octanol–water partition coefficient (Wildman–Crippen LogP) is 2.58. The molecule has 0 aromatic carbocycles. The molecule has 2 aliphatic heterocycles. The van der Waals surface area contributed by atoms with Crippen molar-refractivity contribution < 1.29 is 13.9 Å². The van der Waals surface area contributed by atoms with Gasteiger partial charge in [-0.25, -0.2) is 0 Å². The van der Waals surface area contributed by atoms with Crippen molar-refractivity contribution in [2.75, 3.05) is 33.4 Å². The Morgan fingerprint density at radius 3 is 2.87 bits per heavy atom. The molecule has 23 heavy (non-hydrogen) atoms. The quantitative estimate of drug-likeness (QED) is 0.836. The molecule has 2 fully saturated rings. The lowest BCUT2D eigenvalue weighted by Crippen LogP contribution is -2.47. The molecule has 0 radical (unpaired) electrons.